The Morgan fingerprint density at radius 1 is 1.35 bits per heavy atom. The van der Waals surface area contributed by atoms with Gasteiger partial charge in [-0.1, -0.05) is 18.2 Å². The molecule has 1 saturated carbocycles. The molecule has 2 N–H and O–H groups in total. The number of ether oxygens (including phenoxy) is 1. The maximum atomic E-state index is 9.99. The molecule has 1 aliphatic carbocycles. The zero-order chi connectivity index (χ0) is 14.6. The minimum absolute atomic E-state index is 0.338. The molecule has 0 spiro atoms. The highest BCUT2D eigenvalue weighted by Gasteiger charge is 2.41. The number of para-hydroxylation sites is 1. The molecule has 1 fully saturated rings. The van der Waals surface area contributed by atoms with Crippen LogP contribution in [-0.4, -0.2) is 41.9 Å². The normalized spacial score (nSPS) is 17.8. The number of hydrogen-bond donors (Lipinski definition) is 2. The summed E-state index contributed by atoms with van der Waals surface area (Å²) in [6, 6.07) is 6.08. The Bertz CT molecular complexity index is 426. The Kier molecular flexibility index (Phi) is 5.35. The molecule has 1 atom stereocenters. The molecule has 0 aromatic heterocycles. The van der Waals surface area contributed by atoms with Crippen LogP contribution in [0.25, 0.3) is 0 Å². The number of rotatable bonds is 8. The fourth-order valence-electron chi connectivity index (χ4n) is 2.32. The first-order valence-corrected chi connectivity index (χ1v) is 8.42. The molecule has 1 aliphatic rings. The molecule has 3 nitrogen and oxygen atoms in total. The van der Waals surface area contributed by atoms with E-state index in [1.54, 1.807) is 0 Å². The van der Waals surface area contributed by atoms with E-state index in [9.17, 15) is 5.11 Å². The summed E-state index contributed by atoms with van der Waals surface area (Å²) in [5.41, 5.74) is 2.23. The Morgan fingerprint density at radius 2 is 2.00 bits per heavy atom. The summed E-state index contributed by atoms with van der Waals surface area (Å²) < 4.78 is 6.20. The third-order valence-corrected chi connectivity index (χ3v) is 5.32. The molecule has 0 radical (unpaired) electrons. The number of aryl methyl sites for hydroxylation is 2. The quantitative estimate of drug-likeness (QED) is 0.773. The van der Waals surface area contributed by atoms with Crippen molar-refractivity contribution in [3.05, 3.63) is 29.3 Å². The second-order valence-corrected chi connectivity index (χ2v) is 6.98. The molecule has 2 rings (SSSR count). The minimum Gasteiger partial charge on any atom is -0.490 e. The van der Waals surface area contributed by atoms with Crippen molar-refractivity contribution >= 4 is 11.8 Å². The Labute approximate surface area is 126 Å². The minimum atomic E-state index is -0.466. The van der Waals surface area contributed by atoms with Gasteiger partial charge in [0.2, 0.25) is 0 Å². The van der Waals surface area contributed by atoms with E-state index >= 15 is 0 Å². The van der Waals surface area contributed by atoms with Crippen molar-refractivity contribution in [3.63, 3.8) is 0 Å². The average molecular weight is 295 g/mol. The van der Waals surface area contributed by atoms with Gasteiger partial charge < -0.3 is 15.2 Å². The van der Waals surface area contributed by atoms with Gasteiger partial charge in [0.05, 0.1) is 0 Å². The summed E-state index contributed by atoms with van der Waals surface area (Å²) in [7, 11) is 0. The molecule has 112 valence electrons. The predicted molar refractivity (Wildman–Crippen MR) is 85.8 cm³/mol. The number of hydrogen-bond acceptors (Lipinski definition) is 4. The lowest BCUT2D eigenvalue weighted by Gasteiger charge is -2.18. The van der Waals surface area contributed by atoms with Gasteiger partial charge in [0.15, 0.2) is 0 Å². The van der Waals surface area contributed by atoms with E-state index in [1.165, 1.54) is 12.8 Å². The lowest BCUT2D eigenvalue weighted by Crippen LogP contribution is -2.35. The third-order valence-electron chi connectivity index (χ3n) is 3.90. The second kappa shape index (κ2) is 6.83. The van der Waals surface area contributed by atoms with Crippen LogP contribution in [0, 0.1) is 13.8 Å². The summed E-state index contributed by atoms with van der Waals surface area (Å²) >= 11 is 1.93. The van der Waals surface area contributed by atoms with E-state index in [4.69, 9.17) is 4.74 Å². The Balaban J connectivity index is 1.71. The fourth-order valence-corrected chi connectivity index (χ4v) is 3.08. The van der Waals surface area contributed by atoms with Gasteiger partial charge in [-0.05, 0) is 44.1 Å². The van der Waals surface area contributed by atoms with Crippen LogP contribution in [0.1, 0.15) is 24.0 Å². The van der Waals surface area contributed by atoms with Crippen LogP contribution >= 0.6 is 11.8 Å². The van der Waals surface area contributed by atoms with Gasteiger partial charge in [-0.2, -0.15) is 11.8 Å². The Morgan fingerprint density at radius 3 is 2.55 bits per heavy atom. The number of benzene rings is 1. The van der Waals surface area contributed by atoms with Gasteiger partial charge in [0, 0.05) is 17.8 Å². The summed E-state index contributed by atoms with van der Waals surface area (Å²) in [5, 5.41) is 13.3. The van der Waals surface area contributed by atoms with Crippen molar-refractivity contribution in [1.82, 2.24) is 5.32 Å². The van der Waals surface area contributed by atoms with E-state index in [0.717, 1.165) is 23.4 Å². The average Bonchev–Trinajstić information content (AvgIpc) is 3.19. The number of thioether (sulfide) groups is 1. The summed E-state index contributed by atoms with van der Waals surface area (Å²) in [5.74, 6) is 0.898. The lowest BCUT2D eigenvalue weighted by molar-refractivity contribution is 0.106. The van der Waals surface area contributed by atoms with Gasteiger partial charge in [-0.15, -0.1) is 0 Å². The van der Waals surface area contributed by atoms with E-state index in [0.29, 0.717) is 17.9 Å². The van der Waals surface area contributed by atoms with Crippen LogP contribution in [0.5, 0.6) is 5.75 Å². The standard InChI is InChI=1S/C16H25NO2S/c1-12-5-4-6-13(2)15(12)19-10-14(18)9-17-11-16(20-3)7-8-16/h4-6,14,17-18H,7-11H2,1-3H3. The fraction of sp³-hybridized carbons (Fsp3) is 0.625. The molecule has 20 heavy (non-hydrogen) atoms. The van der Waals surface area contributed by atoms with Gasteiger partial charge in [-0.3, -0.25) is 0 Å². The molecular weight excluding hydrogens is 270 g/mol. The maximum Gasteiger partial charge on any atom is 0.125 e. The van der Waals surface area contributed by atoms with E-state index in [1.807, 2.05) is 43.8 Å². The molecule has 0 saturated heterocycles. The first-order valence-electron chi connectivity index (χ1n) is 7.19. The molecule has 0 bridgehead atoms. The summed E-state index contributed by atoms with van der Waals surface area (Å²) in [6.45, 7) is 5.97. The van der Waals surface area contributed by atoms with E-state index < -0.39 is 6.10 Å². The first-order chi connectivity index (χ1) is 9.56. The zero-order valence-corrected chi connectivity index (χ0v) is 13.4. The highest BCUT2D eigenvalue weighted by Crippen LogP contribution is 2.46. The maximum absolute atomic E-state index is 9.99. The zero-order valence-electron chi connectivity index (χ0n) is 12.6. The Hall–Kier alpha value is -0.710. The molecule has 1 aromatic carbocycles. The lowest BCUT2D eigenvalue weighted by atomic mass is 10.1. The van der Waals surface area contributed by atoms with Crippen LogP contribution in [0.3, 0.4) is 0 Å². The molecular formula is C16H25NO2S. The molecule has 1 aromatic rings. The summed E-state index contributed by atoms with van der Waals surface area (Å²) in [4.78, 5) is 0. The molecule has 0 amide bonds. The van der Waals surface area contributed by atoms with Gasteiger partial charge in [-0.25, -0.2) is 0 Å². The highest BCUT2D eigenvalue weighted by atomic mass is 32.2. The topological polar surface area (TPSA) is 41.5 Å². The first kappa shape index (κ1) is 15.7. The third kappa shape index (κ3) is 4.14. The largest absolute Gasteiger partial charge is 0.490 e. The van der Waals surface area contributed by atoms with Crippen molar-refractivity contribution in [3.8, 4) is 5.75 Å². The van der Waals surface area contributed by atoms with Crippen LogP contribution in [0.2, 0.25) is 0 Å². The molecule has 0 heterocycles. The van der Waals surface area contributed by atoms with Crippen molar-refractivity contribution < 1.29 is 9.84 Å². The van der Waals surface area contributed by atoms with Gasteiger partial charge in [0.1, 0.15) is 18.5 Å². The van der Waals surface area contributed by atoms with Crippen LogP contribution in [-0.2, 0) is 0 Å². The SMILES string of the molecule is CSC1(CNCC(O)COc2c(C)cccc2C)CC1. The number of nitrogens with one attached hydrogen (secondary N) is 1. The molecule has 0 aliphatic heterocycles. The van der Waals surface area contributed by atoms with Crippen LogP contribution in [0.4, 0.5) is 0 Å². The monoisotopic (exact) mass is 295 g/mol. The predicted octanol–water partition coefficient (Wildman–Crippen LogP) is 2.53. The van der Waals surface area contributed by atoms with Crippen molar-refractivity contribution in [1.29, 1.82) is 0 Å². The highest BCUT2D eigenvalue weighted by molar-refractivity contribution is 8.00. The van der Waals surface area contributed by atoms with Gasteiger partial charge in [0.25, 0.3) is 0 Å². The number of aliphatic hydroxyl groups is 1. The van der Waals surface area contributed by atoms with Crippen molar-refractivity contribution in [2.24, 2.45) is 0 Å². The van der Waals surface area contributed by atoms with E-state index in [-0.39, 0.29) is 0 Å². The summed E-state index contributed by atoms with van der Waals surface area (Å²) in [6.07, 6.45) is 4.27. The van der Waals surface area contributed by atoms with Crippen molar-refractivity contribution in [2.45, 2.75) is 37.5 Å². The second-order valence-electron chi connectivity index (χ2n) is 5.70. The molecule has 1 unspecified atom stereocenters. The smallest absolute Gasteiger partial charge is 0.125 e. The van der Waals surface area contributed by atoms with Crippen LogP contribution < -0.4 is 10.1 Å². The van der Waals surface area contributed by atoms with E-state index in [2.05, 4.69) is 11.6 Å². The van der Waals surface area contributed by atoms with Crippen molar-refractivity contribution in [2.75, 3.05) is 26.0 Å². The van der Waals surface area contributed by atoms with Gasteiger partial charge >= 0.3 is 0 Å². The van der Waals surface area contributed by atoms with Crippen LogP contribution in [0.15, 0.2) is 18.2 Å². The molecule has 4 heteroatoms. The number of aliphatic hydroxyl groups excluding tert-OH is 1.